The van der Waals surface area contributed by atoms with Gasteiger partial charge in [-0.2, -0.15) is 0 Å². The molecular formula is C16H23NO5. The maximum absolute atomic E-state index is 12.0. The number of fused-ring (bicyclic) bond motifs is 1. The summed E-state index contributed by atoms with van der Waals surface area (Å²) < 4.78 is 10.2. The summed E-state index contributed by atoms with van der Waals surface area (Å²) in [6.07, 6.45) is 2.77. The van der Waals surface area contributed by atoms with Crippen LogP contribution in [0.4, 0.5) is 4.79 Å². The van der Waals surface area contributed by atoms with Crippen LogP contribution in [0.3, 0.4) is 0 Å². The number of hydrogen-bond acceptors (Lipinski definition) is 5. The minimum absolute atomic E-state index is 0.111. The summed E-state index contributed by atoms with van der Waals surface area (Å²) in [6, 6.07) is 0. The number of amides is 1. The van der Waals surface area contributed by atoms with Gasteiger partial charge in [0, 0.05) is 13.1 Å². The Balaban J connectivity index is 1.99. The maximum atomic E-state index is 12.0. The number of hydrogen-bond donors (Lipinski definition) is 1. The molecule has 2 rings (SSSR count). The number of aliphatic hydroxyl groups is 1. The van der Waals surface area contributed by atoms with E-state index in [1.807, 2.05) is 20.8 Å². The van der Waals surface area contributed by atoms with Crippen LogP contribution < -0.4 is 0 Å². The Morgan fingerprint density at radius 1 is 1.27 bits per heavy atom. The van der Waals surface area contributed by atoms with Gasteiger partial charge in [0.25, 0.3) is 0 Å². The Kier molecular flexibility index (Phi) is 4.33. The average molecular weight is 309 g/mol. The molecule has 1 N–H and O–H groups in total. The van der Waals surface area contributed by atoms with Gasteiger partial charge in [-0.15, -0.1) is 0 Å². The van der Waals surface area contributed by atoms with Crippen LogP contribution in [0.2, 0.25) is 0 Å². The van der Waals surface area contributed by atoms with E-state index in [0.29, 0.717) is 13.1 Å². The molecule has 2 aliphatic rings. The first-order valence-electron chi connectivity index (χ1n) is 7.41. The fraction of sp³-hybridized carbons (Fsp3) is 0.625. The molecule has 1 aliphatic carbocycles. The summed E-state index contributed by atoms with van der Waals surface area (Å²) in [5.41, 5.74) is -0.130. The molecule has 1 fully saturated rings. The summed E-state index contributed by atoms with van der Waals surface area (Å²) in [5, 5.41) is 10.4. The Bertz CT molecular complexity index is 519. The molecule has 6 nitrogen and oxygen atoms in total. The monoisotopic (exact) mass is 309 g/mol. The Morgan fingerprint density at radius 3 is 2.27 bits per heavy atom. The van der Waals surface area contributed by atoms with Gasteiger partial charge in [0.05, 0.1) is 13.0 Å². The van der Waals surface area contributed by atoms with E-state index in [2.05, 4.69) is 0 Å². The van der Waals surface area contributed by atoms with E-state index in [-0.39, 0.29) is 19.1 Å². The van der Waals surface area contributed by atoms with Gasteiger partial charge in [-0.3, -0.25) is 9.69 Å². The molecular weight excluding hydrogens is 286 g/mol. The molecule has 0 aromatic carbocycles. The summed E-state index contributed by atoms with van der Waals surface area (Å²) >= 11 is 0. The highest BCUT2D eigenvalue weighted by atomic mass is 16.6. The standard InChI is InChI=1S/C16H23NO5/c1-5-21-13(18)8-16(20)6-11-9-17(10-12(11)7-16)14(19)22-15(2,3)4/h6-7,20H,5,8-10H2,1-4H3. The molecule has 0 spiro atoms. The number of carbonyl (C=O) groups is 2. The van der Waals surface area contributed by atoms with Gasteiger partial charge in [-0.1, -0.05) is 0 Å². The molecule has 1 aliphatic heterocycles. The lowest BCUT2D eigenvalue weighted by Crippen LogP contribution is -2.35. The van der Waals surface area contributed by atoms with Crippen molar-refractivity contribution < 1.29 is 24.2 Å². The van der Waals surface area contributed by atoms with E-state index in [9.17, 15) is 14.7 Å². The minimum Gasteiger partial charge on any atom is -0.466 e. The summed E-state index contributed by atoms with van der Waals surface area (Å²) in [5.74, 6) is -0.442. The molecule has 1 amide bonds. The van der Waals surface area contributed by atoms with E-state index in [0.717, 1.165) is 11.1 Å². The molecule has 1 heterocycles. The number of esters is 1. The largest absolute Gasteiger partial charge is 0.466 e. The van der Waals surface area contributed by atoms with Gasteiger partial charge in [0.15, 0.2) is 0 Å². The summed E-state index contributed by atoms with van der Waals surface area (Å²) in [7, 11) is 0. The second kappa shape index (κ2) is 5.76. The van der Waals surface area contributed by atoms with Crippen molar-refractivity contribution in [3.63, 3.8) is 0 Å². The fourth-order valence-corrected chi connectivity index (χ4v) is 2.59. The molecule has 0 bridgehead atoms. The van der Waals surface area contributed by atoms with Crippen molar-refractivity contribution in [3.8, 4) is 0 Å². The SMILES string of the molecule is CCOC(=O)CC1(O)C=C2CN(C(=O)OC(C)(C)C)CC2=C1. The van der Waals surface area contributed by atoms with Crippen molar-refractivity contribution in [1.29, 1.82) is 0 Å². The molecule has 6 heteroatoms. The zero-order chi connectivity index (χ0) is 16.5. The lowest BCUT2D eigenvalue weighted by molar-refractivity contribution is -0.146. The van der Waals surface area contributed by atoms with Crippen LogP contribution in [0.5, 0.6) is 0 Å². The number of ether oxygens (including phenoxy) is 2. The van der Waals surface area contributed by atoms with Crippen molar-refractivity contribution in [1.82, 2.24) is 4.90 Å². The fourth-order valence-electron chi connectivity index (χ4n) is 2.59. The normalized spacial score (nSPS) is 19.4. The minimum atomic E-state index is -1.31. The van der Waals surface area contributed by atoms with Gasteiger partial charge in [-0.05, 0) is 51.0 Å². The third-order valence-corrected chi connectivity index (χ3v) is 3.37. The van der Waals surface area contributed by atoms with Gasteiger partial charge >= 0.3 is 12.1 Å². The third-order valence-electron chi connectivity index (χ3n) is 3.37. The van der Waals surface area contributed by atoms with Crippen molar-refractivity contribution in [3.05, 3.63) is 23.3 Å². The molecule has 0 saturated carbocycles. The van der Waals surface area contributed by atoms with Crippen molar-refractivity contribution in [2.45, 2.75) is 45.3 Å². The molecule has 0 atom stereocenters. The van der Waals surface area contributed by atoms with Crippen LogP contribution in [-0.4, -0.2) is 53.0 Å². The van der Waals surface area contributed by atoms with Crippen LogP contribution in [0, 0.1) is 0 Å². The van der Waals surface area contributed by atoms with E-state index < -0.39 is 17.2 Å². The van der Waals surface area contributed by atoms with Crippen LogP contribution >= 0.6 is 0 Å². The lowest BCUT2D eigenvalue weighted by Gasteiger charge is -2.24. The highest BCUT2D eigenvalue weighted by Crippen LogP contribution is 2.35. The second-order valence-electron chi connectivity index (χ2n) is 6.65. The predicted octanol–water partition coefficient (Wildman–Crippen LogP) is 1.79. The molecule has 1 saturated heterocycles. The van der Waals surface area contributed by atoms with Crippen LogP contribution in [0.25, 0.3) is 0 Å². The first kappa shape index (κ1) is 16.5. The smallest absolute Gasteiger partial charge is 0.410 e. The zero-order valence-corrected chi connectivity index (χ0v) is 13.5. The Hall–Kier alpha value is -1.82. The van der Waals surface area contributed by atoms with E-state index in [1.54, 1.807) is 24.0 Å². The van der Waals surface area contributed by atoms with Crippen molar-refractivity contribution in [2.75, 3.05) is 19.7 Å². The predicted molar refractivity (Wildman–Crippen MR) is 80.2 cm³/mol. The van der Waals surface area contributed by atoms with Gasteiger partial charge in [0.1, 0.15) is 11.2 Å². The lowest BCUT2D eigenvalue weighted by atomic mass is 10.0. The second-order valence-corrected chi connectivity index (χ2v) is 6.65. The van der Waals surface area contributed by atoms with E-state index >= 15 is 0 Å². The molecule has 122 valence electrons. The number of carbonyl (C=O) groups excluding carboxylic acids is 2. The summed E-state index contributed by atoms with van der Waals surface area (Å²) in [4.78, 5) is 25.1. The quantitative estimate of drug-likeness (QED) is 0.804. The Morgan fingerprint density at radius 2 is 1.82 bits per heavy atom. The Labute approximate surface area is 130 Å². The van der Waals surface area contributed by atoms with E-state index in [1.165, 1.54) is 0 Å². The summed E-state index contributed by atoms with van der Waals surface area (Å²) in [6.45, 7) is 8.22. The maximum Gasteiger partial charge on any atom is 0.410 e. The molecule has 22 heavy (non-hydrogen) atoms. The van der Waals surface area contributed by atoms with Gasteiger partial charge in [0.2, 0.25) is 0 Å². The first-order chi connectivity index (χ1) is 10.1. The van der Waals surface area contributed by atoms with Crippen molar-refractivity contribution in [2.24, 2.45) is 0 Å². The molecule has 0 unspecified atom stereocenters. The number of likely N-dealkylation sites (tertiary alicyclic amines) is 1. The highest BCUT2D eigenvalue weighted by Gasteiger charge is 2.38. The molecule has 0 aromatic heterocycles. The molecule has 0 aromatic rings. The zero-order valence-electron chi connectivity index (χ0n) is 13.5. The number of nitrogens with zero attached hydrogens (tertiary/aromatic N) is 1. The highest BCUT2D eigenvalue weighted by molar-refractivity contribution is 5.74. The third kappa shape index (κ3) is 3.88. The van der Waals surface area contributed by atoms with Gasteiger partial charge in [-0.25, -0.2) is 4.79 Å². The molecule has 0 radical (unpaired) electrons. The topological polar surface area (TPSA) is 76.1 Å². The number of rotatable bonds is 3. The van der Waals surface area contributed by atoms with Crippen molar-refractivity contribution >= 4 is 12.1 Å². The van der Waals surface area contributed by atoms with E-state index in [4.69, 9.17) is 9.47 Å². The average Bonchev–Trinajstić information content (AvgIpc) is 2.81. The van der Waals surface area contributed by atoms with Crippen LogP contribution in [0.1, 0.15) is 34.1 Å². The van der Waals surface area contributed by atoms with Gasteiger partial charge < -0.3 is 14.6 Å². The first-order valence-corrected chi connectivity index (χ1v) is 7.41. The van der Waals surface area contributed by atoms with Crippen LogP contribution in [-0.2, 0) is 14.3 Å². The van der Waals surface area contributed by atoms with Crippen LogP contribution in [0.15, 0.2) is 23.3 Å².